The maximum Gasteiger partial charge on any atom is 0.162 e. The minimum atomic E-state index is -2.73. The largest absolute Gasteiger partial charge is 0.512 e. The summed E-state index contributed by atoms with van der Waals surface area (Å²) in [4.78, 5) is 16.2. The van der Waals surface area contributed by atoms with Crippen molar-refractivity contribution in [3.63, 3.8) is 0 Å². The van der Waals surface area contributed by atoms with Crippen molar-refractivity contribution in [3.8, 4) is 21.7 Å². The Balaban J connectivity index is 0.000000530. The Bertz CT molecular complexity index is 2510. The van der Waals surface area contributed by atoms with Gasteiger partial charge in [-0.05, 0) is 60.6 Å². The number of hydrogen-bond acceptors (Lipinski definition) is 4. The van der Waals surface area contributed by atoms with E-state index >= 15 is 0 Å². The van der Waals surface area contributed by atoms with Crippen LogP contribution < -0.4 is 0 Å². The molecule has 2 aromatic heterocycles. The molecule has 0 bridgehead atoms. The number of rotatable bonds is 9. The van der Waals surface area contributed by atoms with Crippen molar-refractivity contribution in [2.45, 2.75) is 86.4 Å². The number of aromatic nitrogens is 1. The first kappa shape index (κ1) is 21.0. The molecule has 2 heterocycles. The second-order valence-corrected chi connectivity index (χ2v) is 12.4. The molecule has 0 atom stereocenters. The molecule has 0 aliphatic rings. The van der Waals surface area contributed by atoms with Crippen LogP contribution in [0.4, 0.5) is 0 Å². The number of allylic oxidation sites excluding steroid dienone is 2. The number of hydrogen-bond donors (Lipinski definition) is 1. The number of pyridine rings is 1. The number of carbonyl (C=O) groups excluding carboxylic acids is 1. The predicted octanol–water partition coefficient (Wildman–Crippen LogP) is 12.1. The van der Waals surface area contributed by atoms with E-state index in [2.05, 4.69) is 11.1 Å². The fourth-order valence-corrected chi connectivity index (χ4v) is 6.31. The summed E-state index contributed by atoms with van der Waals surface area (Å²) in [5, 5.41) is 9.55. The normalized spacial score (nSPS) is 16.8. The van der Waals surface area contributed by atoms with Crippen molar-refractivity contribution in [1.29, 1.82) is 0 Å². The topological polar surface area (TPSA) is 50.2 Å². The second kappa shape index (κ2) is 16.6. The molecule has 1 radical (unpaired) electrons. The van der Waals surface area contributed by atoms with Gasteiger partial charge >= 0.3 is 0 Å². The smallest absolute Gasteiger partial charge is 0.162 e. The van der Waals surface area contributed by atoms with Gasteiger partial charge in [0.1, 0.15) is 0 Å². The number of aryl methyl sites for hydroxylation is 1. The van der Waals surface area contributed by atoms with Gasteiger partial charge in [0, 0.05) is 66.3 Å². The van der Waals surface area contributed by atoms with Crippen LogP contribution in [0, 0.1) is 24.8 Å². The van der Waals surface area contributed by atoms with E-state index in [9.17, 15) is 11.3 Å². The number of fused-ring (bicyclic) bond motifs is 2. The number of thiophene rings is 1. The van der Waals surface area contributed by atoms with Crippen molar-refractivity contribution >= 4 is 38.0 Å². The zero-order valence-electron chi connectivity index (χ0n) is 42.1. The molecule has 0 unspecified atom stereocenters. The average Bonchev–Trinajstić information content (AvgIpc) is 3.52. The van der Waals surface area contributed by atoms with Crippen LogP contribution in [0.3, 0.4) is 0 Å². The maximum absolute atomic E-state index is 11.7. The van der Waals surface area contributed by atoms with Crippen molar-refractivity contribution in [2.75, 3.05) is 0 Å². The third-order valence-corrected chi connectivity index (χ3v) is 9.13. The van der Waals surface area contributed by atoms with Crippen LogP contribution in [0.25, 0.3) is 42.6 Å². The van der Waals surface area contributed by atoms with Crippen LogP contribution in [0.15, 0.2) is 84.5 Å². The molecule has 245 valence electrons. The van der Waals surface area contributed by atoms with E-state index in [1.165, 1.54) is 19.9 Å². The molecule has 0 aliphatic heterocycles. The van der Waals surface area contributed by atoms with Gasteiger partial charge < -0.3 is 5.11 Å². The monoisotopic (exact) mass is 826 g/mol. The quantitative estimate of drug-likeness (QED) is 0.0915. The number of carbonyl (C=O) groups is 1. The van der Waals surface area contributed by atoms with Gasteiger partial charge in [0.05, 0.1) is 19.5 Å². The molecule has 0 spiro atoms. The Morgan fingerprint density at radius 2 is 1.61 bits per heavy atom. The molecule has 5 aromatic rings. The maximum atomic E-state index is 11.7. The molecule has 3 nitrogen and oxygen atoms in total. The predicted molar refractivity (Wildman–Crippen MR) is 194 cm³/mol. The third kappa shape index (κ3) is 8.42. The van der Waals surface area contributed by atoms with Gasteiger partial charge in [0.2, 0.25) is 0 Å². The van der Waals surface area contributed by atoms with Crippen LogP contribution in [-0.2, 0) is 30.3 Å². The van der Waals surface area contributed by atoms with E-state index in [0.717, 1.165) is 37.0 Å². The molecule has 3 aromatic carbocycles. The Kier molecular flexibility index (Phi) is 7.59. The van der Waals surface area contributed by atoms with E-state index in [0.29, 0.717) is 5.56 Å². The summed E-state index contributed by atoms with van der Waals surface area (Å²) in [5.74, 6) is 0.547. The SMILES string of the molecule is CCC(CC)C(=O)C=C(O)C(CC)CC.[2H]c1nc(-c2[c-]c3c([2H])c([2H])c([2H])c([2H])c3c(C(C)(C)C([2H])([2H])[2H])c2[2H])c2sc(-c3c([2H])c([2H])c([2H])c([2H])c3[2H])c(C)c2c1[2H].[Ir]. The summed E-state index contributed by atoms with van der Waals surface area (Å²) in [6.07, 6.45) is 4.38. The summed E-state index contributed by atoms with van der Waals surface area (Å²) in [5.41, 5.74) is -2.08. The van der Waals surface area contributed by atoms with Crippen LogP contribution in [0.2, 0.25) is 0 Å². The summed E-state index contributed by atoms with van der Waals surface area (Å²) in [7, 11) is 0. The van der Waals surface area contributed by atoms with Gasteiger partial charge in [-0.25, -0.2) is 0 Å². The third-order valence-electron chi connectivity index (χ3n) is 7.82. The van der Waals surface area contributed by atoms with Crippen molar-refractivity contribution in [3.05, 3.63) is 102 Å². The van der Waals surface area contributed by atoms with Crippen LogP contribution in [0.1, 0.15) is 106 Å². The zero-order chi connectivity index (χ0) is 45.7. The van der Waals surface area contributed by atoms with Gasteiger partial charge in [-0.3, -0.25) is 9.78 Å². The fraction of sp³-hybridized carbons (Fsp3) is 0.366. The van der Waals surface area contributed by atoms with Gasteiger partial charge in [0.15, 0.2) is 5.78 Å². The molecule has 1 N–H and O–H groups in total. The molecule has 5 heteroatoms. The summed E-state index contributed by atoms with van der Waals surface area (Å²) < 4.78 is 126. The Hall–Kier alpha value is -3.11. The summed E-state index contributed by atoms with van der Waals surface area (Å²) in [6, 6.07) is -2.81. The van der Waals surface area contributed by atoms with Crippen molar-refractivity contribution in [1.82, 2.24) is 4.98 Å². The average molecular weight is 826 g/mol. The number of aliphatic hydroxyl groups is 1. The van der Waals surface area contributed by atoms with Gasteiger partial charge in [-0.2, -0.15) is 0 Å². The standard InChI is InChI=1S/C28H24NS.C13H24O2.Ir/c1-18-22-14-15-29-25(27(22)30-26(18)19-10-6-5-7-11-19)21-16-20-12-8-9-13-23(20)24(17-21)28(2,3)4;1-5-10(6-2)12(14)9-13(15)11(7-3)8-4;/h5-15,17H,1-4H3;9-11,14H,5-8H2,1-4H3;/q-1;;/i2D3,5D,6D,7D,8D,9D,10D,11D,12D,13D,14D,15D,17D;;. The number of nitrogens with zero attached hydrogens (tertiary/aromatic N) is 1. The van der Waals surface area contributed by atoms with Crippen molar-refractivity contribution < 1.29 is 50.6 Å². The first-order chi connectivity index (χ1) is 27.8. The van der Waals surface area contributed by atoms with E-state index in [4.69, 9.17) is 19.2 Å². The first-order valence-electron chi connectivity index (χ1n) is 22.6. The summed E-state index contributed by atoms with van der Waals surface area (Å²) in [6.45, 7) is 9.60. The molecule has 0 aliphatic carbocycles. The summed E-state index contributed by atoms with van der Waals surface area (Å²) >= 11 is 0.920. The molecular weight excluding hydrogens is 763 g/mol. The van der Waals surface area contributed by atoms with E-state index in [1.807, 2.05) is 27.7 Å². The fourth-order valence-electron chi connectivity index (χ4n) is 5.10. The minimum Gasteiger partial charge on any atom is -0.512 e. The van der Waals surface area contributed by atoms with Gasteiger partial charge in [-0.15, -0.1) is 40.4 Å². The molecule has 46 heavy (non-hydrogen) atoms. The minimum absolute atomic E-state index is 0. The molecule has 5 rings (SSSR count). The zero-order valence-corrected chi connectivity index (χ0v) is 30.3. The van der Waals surface area contributed by atoms with Crippen LogP contribution in [-0.4, -0.2) is 15.9 Å². The van der Waals surface area contributed by atoms with Gasteiger partial charge in [0.25, 0.3) is 0 Å². The molecule has 0 saturated carbocycles. The second-order valence-electron chi connectivity index (χ2n) is 11.3. The number of aliphatic hydroxyl groups excluding tert-OH is 1. The molecule has 0 saturated heterocycles. The van der Waals surface area contributed by atoms with Gasteiger partial charge in [-0.1, -0.05) is 108 Å². The molecular formula is C41H48IrNO2S-. The molecule has 0 amide bonds. The van der Waals surface area contributed by atoms with E-state index < -0.39 is 78.9 Å². The number of ketones is 1. The Morgan fingerprint density at radius 3 is 2.24 bits per heavy atom. The van der Waals surface area contributed by atoms with E-state index in [-0.39, 0.29) is 97.6 Å². The molecule has 0 fully saturated rings. The van der Waals surface area contributed by atoms with Crippen LogP contribution in [0.5, 0.6) is 0 Å². The van der Waals surface area contributed by atoms with Crippen molar-refractivity contribution in [2.24, 2.45) is 11.8 Å². The van der Waals surface area contributed by atoms with E-state index in [1.54, 1.807) is 6.92 Å². The first-order valence-corrected chi connectivity index (χ1v) is 16.0. The van der Waals surface area contributed by atoms with Crippen LogP contribution >= 0.6 is 11.3 Å². The Labute approximate surface area is 314 Å². The Morgan fingerprint density at radius 1 is 0.978 bits per heavy atom. The number of benzene rings is 3.